The average Bonchev–Trinajstić information content (AvgIpc) is 2.61. The maximum absolute atomic E-state index is 5.45. The van der Waals surface area contributed by atoms with Crippen molar-refractivity contribution in [1.29, 1.82) is 0 Å². The normalized spacial score (nSPS) is 16.7. The SMILES string of the molecule is CCNc1ncnc(N2CCCOCC2)c1Br. The number of rotatable bonds is 3. The smallest absolute Gasteiger partial charge is 0.148 e. The van der Waals surface area contributed by atoms with E-state index in [9.17, 15) is 0 Å². The van der Waals surface area contributed by atoms with Gasteiger partial charge in [-0.1, -0.05) is 0 Å². The van der Waals surface area contributed by atoms with Crippen LogP contribution in [0.15, 0.2) is 10.8 Å². The Bertz CT molecular complexity index is 366. The quantitative estimate of drug-likeness (QED) is 0.924. The summed E-state index contributed by atoms with van der Waals surface area (Å²) < 4.78 is 6.38. The third-order valence-corrected chi connectivity index (χ3v) is 3.37. The lowest BCUT2D eigenvalue weighted by Crippen LogP contribution is -2.27. The Labute approximate surface area is 110 Å². The summed E-state index contributed by atoms with van der Waals surface area (Å²) in [5.74, 6) is 1.80. The second-order valence-electron chi connectivity index (χ2n) is 3.84. The van der Waals surface area contributed by atoms with Crippen molar-refractivity contribution in [3.05, 3.63) is 10.8 Å². The Morgan fingerprint density at radius 3 is 3.12 bits per heavy atom. The molecule has 0 amide bonds. The van der Waals surface area contributed by atoms with Gasteiger partial charge in [0.15, 0.2) is 0 Å². The summed E-state index contributed by atoms with van der Waals surface area (Å²) in [6, 6.07) is 0. The zero-order valence-corrected chi connectivity index (χ0v) is 11.5. The largest absolute Gasteiger partial charge is 0.380 e. The van der Waals surface area contributed by atoms with Crippen LogP contribution in [0.25, 0.3) is 0 Å². The molecule has 1 aromatic rings. The molecular formula is C11H17BrN4O. The molecule has 1 saturated heterocycles. The molecule has 1 aliphatic heterocycles. The molecule has 5 nitrogen and oxygen atoms in total. The number of anilines is 2. The third kappa shape index (κ3) is 3.07. The number of hydrogen-bond donors (Lipinski definition) is 1. The van der Waals surface area contributed by atoms with Gasteiger partial charge in [0.25, 0.3) is 0 Å². The van der Waals surface area contributed by atoms with Crippen molar-refractivity contribution < 1.29 is 4.74 Å². The molecule has 0 atom stereocenters. The second kappa shape index (κ2) is 6.16. The Balaban J connectivity index is 2.21. The Morgan fingerprint density at radius 1 is 1.41 bits per heavy atom. The lowest BCUT2D eigenvalue weighted by molar-refractivity contribution is 0.152. The van der Waals surface area contributed by atoms with Crippen LogP contribution in [0.1, 0.15) is 13.3 Å². The first-order valence-corrected chi connectivity index (χ1v) is 6.69. The summed E-state index contributed by atoms with van der Waals surface area (Å²) in [7, 11) is 0. The van der Waals surface area contributed by atoms with E-state index in [0.29, 0.717) is 0 Å². The maximum Gasteiger partial charge on any atom is 0.148 e. The van der Waals surface area contributed by atoms with E-state index in [1.54, 1.807) is 6.33 Å². The third-order valence-electron chi connectivity index (χ3n) is 2.64. The highest BCUT2D eigenvalue weighted by Gasteiger charge is 2.16. The highest BCUT2D eigenvalue weighted by atomic mass is 79.9. The first-order valence-electron chi connectivity index (χ1n) is 5.90. The molecule has 17 heavy (non-hydrogen) atoms. The summed E-state index contributed by atoms with van der Waals surface area (Å²) in [5, 5.41) is 3.22. The topological polar surface area (TPSA) is 50.3 Å². The lowest BCUT2D eigenvalue weighted by atomic mass is 10.4. The number of aromatic nitrogens is 2. The van der Waals surface area contributed by atoms with Crippen LogP contribution in [0.4, 0.5) is 11.6 Å². The zero-order chi connectivity index (χ0) is 12.1. The van der Waals surface area contributed by atoms with Gasteiger partial charge in [-0.25, -0.2) is 9.97 Å². The van der Waals surface area contributed by atoms with E-state index in [1.165, 1.54) is 0 Å². The Hall–Kier alpha value is -0.880. The van der Waals surface area contributed by atoms with E-state index in [2.05, 4.69) is 36.1 Å². The Kier molecular flexibility index (Phi) is 4.56. The second-order valence-corrected chi connectivity index (χ2v) is 4.64. The molecule has 1 aromatic heterocycles. The highest BCUT2D eigenvalue weighted by molar-refractivity contribution is 9.10. The van der Waals surface area contributed by atoms with Gasteiger partial charge in [-0.15, -0.1) is 0 Å². The van der Waals surface area contributed by atoms with Crippen LogP contribution in [0.2, 0.25) is 0 Å². The molecule has 0 bridgehead atoms. The number of nitrogens with zero attached hydrogens (tertiary/aromatic N) is 3. The van der Waals surface area contributed by atoms with E-state index in [0.717, 1.165) is 55.4 Å². The predicted octanol–water partition coefficient (Wildman–Crippen LogP) is 1.90. The minimum Gasteiger partial charge on any atom is -0.380 e. The monoisotopic (exact) mass is 300 g/mol. The Morgan fingerprint density at radius 2 is 2.29 bits per heavy atom. The van der Waals surface area contributed by atoms with Crippen molar-refractivity contribution in [2.45, 2.75) is 13.3 Å². The molecule has 0 spiro atoms. The van der Waals surface area contributed by atoms with E-state index < -0.39 is 0 Å². The van der Waals surface area contributed by atoms with E-state index in [-0.39, 0.29) is 0 Å². The van der Waals surface area contributed by atoms with Crippen LogP contribution < -0.4 is 10.2 Å². The first-order chi connectivity index (χ1) is 8.33. The van der Waals surface area contributed by atoms with Crippen LogP contribution in [0.3, 0.4) is 0 Å². The van der Waals surface area contributed by atoms with Crippen molar-refractivity contribution in [3.63, 3.8) is 0 Å². The molecule has 2 heterocycles. The number of ether oxygens (including phenoxy) is 1. The molecule has 6 heteroatoms. The molecule has 0 aliphatic carbocycles. The zero-order valence-electron chi connectivity index (χ0n) is 9.95. The number of halogens is 1. The van der Waals surface area contributed by atoms with Crippen LogP contribution in [-0.2, 0) is 4.74 Å². The summed E-state index contributed by atoms with van der Waals surface area (Å²) in [6.45, 7) is 6.33. The molecule has 0 saturated carbocycles. The van der Waals surface area contributed by atoms with Gasteiger partial charge < -0.3 is 15.0 Å². The molecule has 0 unspecified atom stereocenters. The molecule has 1 N–H and O–H groups in total. The van der Waals surface area contributed by atoms with E-state index >= 15 is 0 Å². The van der Waals surface area contributed by atoms with Crippen molar-refractivity contribution in [1.82, 2.24) is 9.97 Å². The summed E-state index contributed by atoms with van der Waals surface area (Å²) in [4.78, 5) is 10.8. The molecular weight excluding hydrogens is 284 g/mol. The molecule has 94 valence electrons. The van der Waals surface area contributed by atoms with Gasteiger partial charge in [0.05, 0.1) is 6.61 Å². The van der Waals surface area contributed by atoms with Crippen LogP contribution in [0, 0.1) is 0 Å². The van der Waals surface area contributed by atoms with Crippen molar-refractivity contribution in [3.8, 4) is 0 Å². The summed E-state index contributed by atoms with van der Waals surface area (Å²) >= 11 is 3.57. The van der Waals surface area contributed by atoms with Crippen molar-refractivity contribution in [2.75, 3.05) is 43.1 Å². The standard InChI is InChI=1S/C11H17BrN4O/c1-2-13-10-9(12)11(15-8-14-10)16-4-3-6-17-7-5-16/h8H,2-7H2,1H3,(H,13,14,15). The summed E-state index contributed by atoms with van der Waals surface area (Å²) in [6.07, 6.45) is 2.64. The lowest BCUT2D eigenvalue weighted by Gasteiger charge is -2.22. The van der Waals surface area contributed by atoms with Gasteiger partial charge in [-0.2, -0.15) is 0 Å². The summed E-state index contributed by atoms with van der Waals surface area (Å²) in [5.41, 5.74) is 0. The molecule has 2 rings (SSSR count). The van der Waals surface area contributed by atoms with Gasteiger partial charge in [0.1, 0.15) is 22.4 Å². The molecule has 1 fully saturated rings. The predicted molar refractivity (Wildman–Crippen MR) is 71.5 cm³/mol. The van der Waals surface area contributed by atoms with Gasteiger partial charge in [-0.3, -0.25) is 0 Å². The number of nitrogens with one attached hydrogen (secondary N) is 1. The van der Waals surface area contributed by atoms with Crippen LogP contribution in [-0.4, -0.2) is 42.8 Å². The van der Waals surface area contributed by atoms with E-state index in [4.69, 9.17) is 4.74 Å². The van der Waals surface area contributed by atoms with E-state index in [1.807, 2.05) is 6.92 Å². The average molecular weight is 301 g/mol. The van der Waals surface area contributed by atoms with Crippen molar-refractivity contribution >= 4 is 27.6 Å². The molecule has 0 aromatic carbocycles. The first kappa shape index (κ1) is 12.6. The highest BCUT2D eigenvalue weighted by Crippen LogP contribution is 2.29. The minimum atomic E-state index is 0.757. The number of hydrogen-bond acceptors (Lipinski definition) is 5. The maximum atomic E-state index is 5.45. The van der Waals surface area contributed by atoms with Gasteiger partial charge >= 0.3 is 0 Å². The van der Waals surface area contributed by atoms with Crippen LogP contribution >= 0.6 is 15.9 Å². The van der Waals surface area contributed by atoms with Crippen LogP contribution in [0.5, 0.6) is 0 Å². The minimum absolute atomic E-state index is 0.757. The van der Waals surface area contributed by atoms with Crippen molar-refractivity contribution in [2.24, 2.45) is 0 Å². The van der Waals surface area contributed by atoms with Gasteiger partial charge in [0, 0.05) is 26.2 Å². The van der Waals surface area contributed by atoms with Gasteiger partial charge in [-0.05, 0) is 29.3 Å². The van der Waals surface area contributed by atoms with Gasteiger partial charge in [0.2, 0.25) is 0 Å². The molecule has 0 radical (unpaired) electrons. The fraction of sp³-hybridized carbons (Fsp3) is 0.636. The fourth-order valence-electron chi connectivity index (χ4n) is 1.83. The fourth-order valence-corrected chi connectivity index (χ4v) is 2.43. The molecule has 1 aliphatic rings.